The van der Waals surface area contributed by atoms with E-state index >= 15 is 0 Å². The highest BCUT2D eigenvalue weighted by Gasteiger charge is 2.15. The molecule has 2 rings (SSSR count). The summed E-state index contributed by atoms with van der Waals surface area (Å²) < 4.78 is 23.5. The van der Waals surface area contributed by atoms with Crippen molar-refractivity contribution in [2.75, 3.05) is 12.8 Å². The van der Waals surface area contributed by atoms with E-state index in [4.69, 9.17) is 0 Å². The van der Waals surface area contributed by atoms with Crippen LogP contribution in [0.4, 0.5) is 0 Å². The van der Waals surface area contributed by atoms with Gasteiger partial charge >= 0.3 is 0 Å². The molecule has 0 aliphatic carbocycles. The van der Waals surface area contributed by atoms with Gasteiger partial charge in [0, 0.05) is 24.8 Å². The molecule has 2 N–H and O–H groups in total. The minimum Gasteiger partial charge on any atom is -0.342 e. The first-order chi connectivity index (χ1) is 9.17. The molecule has 5 nitrogen and oxygen atoms in total. The minimum atomic E-state index is -3.26. The average molecular weight is 295 g/mol. The Morgan fingerprint density at radius 1 is 1.30 bits per heavy atom. The lowest BCUT2D eigenvalue weighted by atomic mass is 10.1. The number of hydrogen-bond acceptors (Lipinski definition) is 4. The molecule has 110 valence electrons. The number of nitrogens with zero attached hydrogens (tertiary/aromatic N) is 1. The number of para-hydroxylation sites is 1. The van der Waals surface area contributed by atoms with Gasteiger partial charge in [-0.25, -0.2) is 13.4 Å². The molecule has 0 amide bonds. The van der Waals surface area contributed by atoms with Crippen molar-refractivity contribution in [1.82, 2.24) is 15.3 Å². The highest BCUT2D eigenvalue weighted by molar-refractivity contribution is 7.91. The van der Waals surface area contributed by atoms with Crippen LogP contribution in [0.5, 0.6) is 0 Å². The number of imidazole rings is 1. The van der Waals surface area contributed by atoms with Gasteiger partial charge in [0.15, 0.2) is 9.84 Å². The molecule has 0 spiro atoms. The van der Waals surface area contributed by atoms with Gasteiger partial charge in [0.2, 0.25) is 0 Å². The van der Waals surface area contributed by atoms with E-state index in [2.05, 4.69) is 36.1 Å². The fraction of sp³-hybridized carbons (Fsp3) is 0.500. The molecular weight excluding hydrogens is 274 g/mol. The van der Waals surface area contributed by atoms with E-state index in [0.717, 1.165) is 24.3 Å². The molecular formula is C14H21N3O2S. The topological polar surface area (TPSA) is 74.8 Å². The lowest BCUT2D eigenvalue weighted by Crippen LogP contribution is -2.37. The van der Waals surface area contributed by atoms with Gasteiger partial charge in [0.25, 0.3) is 0 Å². The third-order valence-electron chi connectivity index (χ3n) is 2.94. The number of aromatic nitrogens is 2. The lowest BCUT2D eigenvalue weighted by Gasteiger charge is -2.19. The number of nitrogens with one attached hydrogen (secondary N) is 2. The van der Waals surface area contributed by atoms with Crippen LogP contribution in [0.1, 0.15) is 26.6 Å². The Morgan fingerprint density at radius 3 is 2.60 bits per heavy atom. The van der Waals surface area contributed by atoms with Crippen molar-refractivity contribution in [3.63, 3.8) is 0 Å². The second-order valence-corrected chi connectivity index (χ2v) is 8.02. The zero-order valence-corrected chi connectivity index (χ0v) is 13.1. The van der Waals surface area contributed by atoms with Gasteiger partial charge < -0.3 is 10.3 Å². The van der Waals surface area contributed by atoms with Crippen LogP contribution < -0.4 is 5.32 Å². The van der Waals surface area contributed by atoms with Crippen LogP contribution in [0.15, 0.2) is 23.1 Å². The summed E-state index contributed by atoms with van der Waals surface area (Å²) in [5.41, 5.74) is 1.35. The maximum atomic E-state index is 11.7. The molecule has 0 radical (unpaired) electrons. The average Bonchev–Trinajstić information content (AvgIpc) is 2.67. The van der Waals surface area contributed by atoms with E-state index in [1.54, 1.807) is 12.1 Å². The maximum Gasteiger partial charge on any atom is 0.177 e. The van der Waals surface area contributed by atoms with Crippen LogP contribution in [0, 0.1) is 0 Å². The van der Waals surface area contributed by atoms with E-state index in [-0.39, 0.29) is 10.4 Å². The van der Waals surface area contributed by atoms with Crippen molar-refractivity contribution in [1.29, 1.82) is 0 Å². The molecule has 1 aromatic carbocycles. The number of aromatic amines is 1. The van der Waals surface area contributed by atoms with Gasteiger partial charge in [-0.15, -0.1) is 0 Å². The molecule has 0 bridgehead atoms. The number of hydrogen-bond donors (Lipinski definition) is 2. The Bertz CT molecular complexity index is 712. The van der Waals surface area contributed by atoms with Gasteiger partial charge in [0.05, 0.1) is 10.4 Å². The van der Waals surface area contributed by atoms with Crippen LogP contribution in [-0.2, 0) is 16.3 Å². The number of fused-ring (bicyclic) bond motifs is 1. The molecule has 0 saturated heterocycles. The molecule has 20 heavy (non-hydrogen) atoms. The van der Waals surface area contributed by atoms with Crippen molar-refractivity contribution in [3.8, 4) is 0 Å². The van der Waals surface area contributed by atoms with Crippen molar-refractivity contribution < 1.29 is 8.42 Å². The summed E-state index contributed by atoms with van der Waals surface area (Å²) in [5, 5.41) is 3.38. The van der Waals surface area contributed by atoms with E-state index in [9.17, 15) is 8.42 Å². The molecule has 1 heterocycles. The molecule has 0 atom stereocenters. The number of sulfone groups is 1. The van der Waals surface area contributed by atoms with Crippen LogP contribution >= 0.6 is 0 Å². The molecule has 6 heteroatoms. The van der Waals surface area contributed by atoms with Gasteiger partial charge in [-0.2, -0.15) is 0 Å². The maximum absolute atomic E-state index is 11.7. The SMILES string of the molecule is CC(C)(C)NCCc1nc2c(S(C)(=O)=O)cccc2[nH]1. The second-order valence-electron chi connectivity index (χ2n) is 6.03. The Balaban J connectivity index is 2.26. The minimum absolute atomic E-state index is 0.0595. The first-order valence-corrected chi connectivity index (χ1v) is 8.49. The number of H-pyrrole nitrogens is 1. The van der Waals surface area contributed by atoms with E-state index in [1.165, 1.54) is 6.26 Å². The van der Waals surface area contributed by atoms with Crippen molar-refractivity contribution in [2.24, 2.45) is 0 Å². The number of benzene rings is 1. The second kappa shape index (κ2) is 5.18. The zero-order valence-electron chi connectivity index (χ0n) is 12.3. The van der Waals surface area contributed by atoms with Crippen LogP contribution in [-0.4, -0.2) is 36.7 Å². The van der Waals surface area contributed by atoms with E-state index in [0.29, 0.717) is 5.52 Å². The smallest absolute Gasteiger partial charge is 0.177 e. The van der Waals surface area contributed by atoms with Crippen LogP contribution in [0.3, 0.4) is 0 Å². The fourth-order valence-corrected chi connectivity index (χ4v) is 2.86. The molecule has 0 unspecified atom stereocenters. The molecule has 0 fully saturated rings. The van der Waals surface area contributed by atoms with Crippen molar-refractivity contribution in [2.45, 2.75) is 37.6 Å². The summed E-state index contributed by atoms with van der Waals surface area (Å²) in [4.78, 5) is 7.88. The van der Waals surface area contributed by atoms with Crippen LogP contribution in [0.25, 0.3) is 11.0 Å². The van der Waals surface area contributed by atoms with Gasteiger partial charge in [0.1, 0.15) is 11.3 Å². The number of rotatable bonds is 4. The van der Waals surface area contributed by atoms with Crippen molar-refractivity contribution >= 4 is 20.9 Å². The third-order valence-corrected chi connectivity index (χ3v) is 4.07. The fourth-order valence-electron chi connectivity index (χ4n) is 2.03. The highest BCUT2D eigenvalue weighted by atomic mass is 32.2. The first kappa shape index (κ1) is 15.0. The van der Waals surface area contributed by atoms with E-state index in [1.807, 2.05) is 6.07 Å². The summed E-state index contributed by atoms with van der Waals surface area (Å²) >= 11 is 0. The molecule has 2 aromatic rings. The predicted octanol–water partition coefficient (Wildman–Crippen LogP) is 1.90. The summed E-state index contributed by atoms with van der Waals surface area (Å²) in [6.07, 6.45) is 1.94. The Labute approximate surface area is 119 Å². The molecule has 0 aliphatic heterocycles. The monoisotopic (exact) mass is 295 g/mol. The van der Waals surface area contributed by atoms with Gasteiger partial charge in [-0.05, 0) is 32.9 Å². The normalized spacial score (nSPS) is 13.0. The molecule has 0 aliphatic rings. The zero-order chi connectivity index (χ0) is 15.0. The summed E-state index contributed by atoms with van der Waals surface area (Å²) in [7, 11) is -3.26. The third kappa shape index (κ3) is 3.58. The summed E-state index contributed by atoms with van der Waals surface area (Å²) in [5.74, 6) is 0.799. The van der Waals surface area contributed by atoms with Gasteiger partial charge in [-0.1, -0.05) is 6.07 Å². The van der Waals surface area contributed by atoms with Gasteiger partial charge in [-0.3, -0.25) is 0 Å². The lowest BCUT2D eigenvalue weighted by molar-refractivity contribution is 0.428. The molecule has 1 aromatic heterocycles. The highest BCUT2D eigenvalue weighted by Crippen LogP contribution is 2.21. The first-order valence-electron chi connectivity index (χ1n) is 6.59. The molecule has 0 saturated carbocycles. The predicted molar refractivity (Wildman–Crippen MR) is 80.7 cm³/mol. The largest absolute Gasteiger partial charge is 0.342 e. The summed E-state index contributed by atoms with van der Waals surface area (Å²) in [6.45, 7) is 7.10. The summed E-state index contributed by atoms with van der Waals surface area (Å²) in [6, 6.07) is 5.17. The van der Waals surface area contributed by atoms with E-state index < -0.39 is 9.84 Å². The Morgan fingerprint density at radius 2 is 2.00 bits per heavy atom. The standard InChI is InChI=1S/C14H21N3O2S/c1-14(2,3)15-9-8-12-16-10-6-5-7-11(13(10)17-12)20(4,18)19/h5-7,15H,8-9H2,1-4H3,(H,16,17). The van der Waals surface area contributed by atoms with Crippen molar-refractivity contribution in [3.05, 3.63) is 24.0 Å². The quantitative estimate of drug-likeness (QED) is 0.903. The Hall–Kier alpha value is -1.40. The van der Waals surface area contributed by atoms with Crippen LogP contribution in [0.2, 0.25) is 0 Å². The Kier molecular flexibility index (Phi) is 3.88.